The summed E-state index contributed by atoms with van der Waals surface area (Å²) in [5.74, 6) is -0.951. The van der Waals surface area contributed by atoms with Gasteiger partial charge in [0.2, 0.25) is 5.91 Å². The fourth-order valence-electron chi connectivity index (χ4n) is 2.07. The molecule has 1 amide bonds. The molecule has 0 heterocycles. The first-order valence-electron chi connectivity index (χ1n) is 6.68. The molecule has 1 atom stereocenters. The SMILES string of the molecule is CC(C)(C)C(CCO)NCc1cc(C(N)=O)ccc1F. The minimum atomic E-state index is -0.575. The molecule has 1 aromatic rings. The third kappa shape index (κ3) is 4.58. The van der Waals surface area contributed by atoms with E-state index in [2.05, 4.69) is 26.1 Å². The van der Waals surface area contributed by atoms with Crippen molar-refractivity contribution in [3.05, 3.63) is 35.1 Å². The Kier molecular flexibility index (Phi) is 5.65. The van der Waals surface area contributed by atoms with Crippen LogP contribution in [0.4, 0.5) is 4.39 Å². The summed E-state index contributed by atoms with van der Waals surface area (Å²) < 4.78 is 13.7. The van der Waals surface area contributed by atoms with E-state index < -0.39 is 5.91 Å². The van der Waals surface area contributed by atoms with Crippen molar-refractivity contribution in [3.8, 4) is 0 Å². The maximum atomic E-state index is 13.7. The summed E-state index contributed by atoms with van der Waals surface area (Å²) in [7, 11) is 0. The molecule has 0 aliphatic carbocycles. The lowest BCUT2D eigenvalue weighted by molar-refractivity contribution is 0.1000. The Balaban J connectivity index is 2.82. The van der Waals surface area contributed by atoms with E-state index in [1.165, 1.54) is 18.2 Å². The van der Waals surface area contributed by atoms with Crippen LogP contribution in [-0.4, -0.2) is 23.7 Å². The minimum absolute atomic E-state index is 0.0455. The molecule has 0 bridgehead atoms. The predicted octanol–water partition coefficient (Wildman–Crippen LogP) is 1.81. The van der Waals surface area contributed by atoms with E-state index in [0.29, 0.717) is 12.0 Å². The van der Waals surface area contributed by atoms with Gasteiger partial charge in [-0.1, -0.05) is 20.8 Å². The van der Waals surface area contributed by atoms with Crippen molar-refractivity contribution in [2.75, 3.05) is 6.61 Å². The van der Waals surface area contributed by atoms with E-state index in [9.17, 15) is 9.18 Å². The Hall–Kier alpha value is -1.46. The monoisotopic (exact) mass is 282 g/mol. The first-order chi connectivity index (χ1) is 9.25. The second-order valence-electron chi connectivity index (χ2n) is 5.98. The average molecular weight is 282 g/mol. The van der Waals surface area contributed by atoms with E-state index in [0.717, 1.165) is 0 Å². The molecule has 1 rings (SSSR count). The third-order valence-electron chi connectivity index (χ3n) is 3.33. The van der Waals surface area contributed by atoms with Crippen molar-refractivity contribution in [1.82, 2.24) is 5.32 Å². The van der Waals surface area contributed by atoms with Gasteiger partial charge in [0.15, 0.2) is 0 Å². The molecular weight excluding hydrogens is 259 g/mol. The van der Waals surface area contributed by atoms with Crippen molar-refractivity contribution in [2.24, 2.45) is 11.1 Å². The number of carbonyl (C=O) groups excluding carboxylic acids is 1. The second kappa shape index (κ2) is 6.81. The van der Waals surface area contributed by atoms with E-state index >= 15 is 0 Å². The smallest absolute Gasteiger partial charge is 0.248 e. The van der Waals surface area contributed by atoms with Crippen LogP contribution in [0.25, 0.3) is 0 Å². The van der Waals surface area contributed by atoms with Crippen molar-refractivity contribution >= 4 is 5.91 Å². The Morgan fingerprint density at radius 3 is 2.60 bits per heavy atom. The molecule has 20 heavy (non-hydrogen) atoms. The maximum absolute atomic E-state index is 13.7. The highest BCUT2D eigenvalue weighted by Crippen LogP contribution is 2.22. The van der Waals surface area contributed by atoms with E-state index in [1.807, 2.05) is 0 Å². The zero-order valence-electron chi connectivity index (χ0n) is 12.2. The standard InChI is InChI=1S/C15H23FN2O2/c1-15(2,3)13(6-7-19)18-9-11-8-10(14(17)20)4-5-12(11)16/h4-5,8,13,18-19H,6-7,9H2,1-3H3,(H2,17,20). The van der Waals surface area contributed by atoms with E-state index in [-0.39, 0.29) is 36.0 Å². The lowest BCUT2D eigenvalue weighted by atomic mass is 9.85. The largest absolute Gasteiger partial charge is 0.396 e. The maximum Gasteiger partial charge on any atom is 0.248 e. The molecule has 0 saturated heterocycles. The first kappa shape index (κ1) is 16.6. The van der Waals surface area contributed by atoms with Crippen molar-refractivity contribution < 1.29 is 14.3 Å². The van der Waals surface area contributed by atoms with Gasteiger partial charge >= 0.3 is 0 Å². The van der Waals surface area contributed by atoms with Gasteiger partial charge in [0, 0.05) is 30.3 Å². The van der Waals surface area contributed by atoms with Crippen LogP contribution in [0, 0.1) is 11.2 Å². The van der Waals surface area contributed by atoms with Crippen LogP contribution >= 0.6 is 0 Å². The Labute approximate surface area is 119 Å². The molecule has 5 heteroatoms. The number of rotatable bonds is 6. The molecule has 1 unspecified atom stereocenters. The average Bonchev–Trinajstić information content (AvgIpc) is 2.34. The highest BCUT2D eigenvalue weighted by molar-refractivity contribution is 5.92. The number of nitrogens with two attached hydrogens (primary N) is 1. The van der Waals surface area contributed by atoms with Gasteiger partial charge < -0.3 is 16.2 Å². The summed E-state index contributed by atoms with van der Waals surface area (Å²) in [5, 5.41) is 12.3. The summed E-state index contributed by atoms with van der Waals surface area (Å²) in [5.41, 5.74) is 5.82. The molecule has 0 saturated carbocycles. The summed E-state index contributed by atoms with van der Waals surface area (Å²) in [6.07, 6.45) is 0.584. The number of nitrogens with one attached hydrogen (secondary N) is 1. The van der Waals surface area contributed by atoms with Gasteiger partial charge in [0.1, 0.15) is 5.82 Å². The number of aliphatic hydroxyl groups excluding tert-OH is 1. The van der Waals surface area contributed by atoms with Crippen LogP contribution in [-0.2, 0) is 6.54 Å². The van der Waals surface area contributed by atoms with Crippen molar-refractivity contribution in [1.29, 1.82) is 0 Å². The van der Waals surface area contributed by atoms with E-state index in [4.69, 9.17) is 10.8 Å². The second-order valence-corrected chi connectivity index (χ2v) is 5.98. The topological polar surface area (TPSA) is 75.3 Å². The lowest BCUT2D eigenvalue weighted by Gasteiger charge is -2.31. The molecule has 0 aromatic heterocycles. The predicted molar refractivity (Wildman–Crippen MR) is 76.7 cm³/mol. The van der Waals surface area contributed by atoms with Gasteiger partial charge in [0.05, 0.1) is 0 Å². The van der Waals surface area contributed by atoms with Crippen LogP contribution in [0.3, 0.4) is 0 Å². The number of aliphatic hydroxyl groups is 1. The van der Waals surface area contributed by atoms with Crippen LogP contribution in [0.15, 0.2) is 18.2 Å². The van der Waals surface area contributed by atoms with Crippen LogP contribution in [0.5, 0.6) is 0 Å². The van der Waals surface area contributed by atoms with Crippen LogP contribution in [0.1, 0.15) is 43.1 Å². The highest BCUT2D eigenvalue weighted by atomic mass is 19.1. The van der Waals surface area contributed by atoms with Gasteiger partial charge in [-0.15, -0.1) is 0 Å². The molecule has 0 spiro atoms. The molecule has 4 nitrogen and oxygen atoms in total. The number of hydrogen-bond acceptors (Lipinski definition) is 3. The van der Waals surface area contributed by atoms with Crippen LogP contribution in [0.2, 0.25) is 0 Å². The quantitative estimate of drug-likeness (QED) is 0.745. The molecular formula is C15H23FN2O2. The number of hydrogen-bond donors (Lipinski definition) is 3. The zero-order chi connectivity index (χ0) is 15.3. The van der Waals surface area contributed by atoms with Gasteiger partial charge in [-0.3, -0.25) is 4.79 Å². The number of halogens is 1. The molecule has 0 radical (unpaired) electrons. The number of benzene rings is 1. The van der Waals surface area contributed by atoms with Crippen molar-refractivity contribution in [3.63, 3.8) is 0 Å². The first-order valence-corrected chi connectivity index (χ1v) is 6.68. The van der Waals surface area contributed by atoms with Gasteiger partial charge in [-0.05, 0) is 30.0 Å². The van der Waals surface area contributed by atoms with Crippen molar-refractivity contribution in [2.45, 2.75) is 39.8 Å². The summed E-state index contributed by atoms with van der Waals surface area (Å²) in [4.78, 5) is 11.1. The zero-order valence-corrected chi connectivity index (χ0v) is 12.2. The Bertz CT molecular complexity index is 469. The highest BCUT2D eigenvalue weighted by Gasteiger charge is 2.23. The lowest BCUT2D eigenvalue weighted by Crippen LogP contribution is -2.40. The third-order valence-corrected chi connectivity index (χ3v) is 3.33. The van der Waals surface area contributed by atoms with Gasteiger partial charge in [-0.25, -0.2) is 4.39 Å². The van der Waals surface area contributed by atoms with E-state index in [1.54, 1.807) is 0 Å². The molecule has 1 aromatic carbocycles. The summed E-state index contributed by atoms with van der Waals surface area (Å²) in [6.45, 7) is 6.51. The fraction of sp³-hybridized carbons (Fsp3) is 0.533. The summed E-state index contributed by atoms with van der Waals surface area (Å²) in [6, 6.07) is 4.12. The fourth-order valence-corrected chi connectivity index (χ4v) is 2.07. The molecule has 0 fully saturated rings. The molecule has 4 N–H and O–H groups in total. The molecule has 112 valence electrons. The minimum Gasteiger partial charge on any atom is -0.396 e. The normalized spacial score (nSPS) is 13.2. The summed E-state index contributed by atoms with van der Waals surface area (Å²) >= 11 is 0. The van der Waals surface area contributed by atoms with Gasteiger partial charge in [0.25, 0.3) is 0 Å². The van der Waals surface area contributed by atoms with Gasteiger partial charge in [-0.2, -0.15) is 0 Å². The number of carbonyl (C=O) groups is 1. The molecule has 0 aliphatic rings. The van der Waals surface area contributed by atoms with Crippen LogP contribution < -0.4 is 11.1 Å². The molecule has 0 aliphatic heterocycles. The number of amides is 1. The Morgan fingerprint density at radius 2 is 2.10 bits per heavy atom. The Morgan fingerprint density at radius 1 is 1.45 bits per heavy atom. The number of primary amides is 1.